The van der Waals surface area contributed by atoms with Gasteiger partial charge in [0.15, 0.2) is 5.78 Å². The fraction of sp³-hybridized carbons (Fsp3) is 0.273. The van der Waals surface area contributed by atoms with Gasteiger partial charge in [0.1, 0.15) is 5.75 Å². The molecule has 1 aromatic carbocycles. The number of ketones is 1. The van der Waals surface area contributed by atoms with Crippen LogP contribution in [-0.2, 0) is 11.3 Å². The lowest BCUT2D eigenvalue weighted by Crippen LogP contribution is -2.16. The molecule has 1 aromatic heterocycles. The monoisotopic (exact) mass is 237 g/mol. The van der Waals surface area contributed by atoms with Crippen molar-refractivity contribution >= 4 is 27.4 Å². The minimum atomic E-state index is -0.113. The minimum absolute atomic E-state index is 0.0272. The molecule has 16 heavy (non-hydrogen) atoms. The Morgan fingerprint density at radius 3 is 2.88 bits per heavy atom. The zero-order valence-corrected chi connectivity index (χ0v) is 9.84. The first kappa shape index (κ1) is 10.9. The van der Waals surface area contributed by atoms with E-state index in [4.69, 9.17) is 4.74 Å². The number of rotatable bonds is 3. The molecule has 0 spiro atoms. The molecule has 2 rings (SSSR count). The molecule has 5 heteroatoms. The van der Waals surface area contributed by atoms with Gasteiger partial charge in [-0.1, -0.05) is 11.5 Å². The smallest absolute Gasteiger partial charge is 0.268 e. The molecule has 0 amide bonds. The van der Waals surface area contributed by atoms with Crippen LogP contribution in [-0.4, -0.2) is 16.8 Å². The normalized spacial score (nSPS) is 10.6. The first-order valence-corrected chi connectivity index (χ1v) is 5.56. The molecule has 84 valence electrons. The van der Waals surface area contributed by atoms with E-state index in [2.05, 4.69) is 0 Å². The minimum Gasteiger partial charge on any atom is -0.497 e. The fourth-order valence-electron chi connectivity index (χ4n) is 1.48. The largest absolute Gasteiger partial charge is 0.497 e. The van der Waals surface area contributed by atoms with Crippen LogP contribution in [0, 0.1) is 0 Å². The number of ether oxygens (including phenoxy) is 1. The second-order valence-corrected chi connectivity index (χ2v) is 4.56. The zero-order valence-electron chi connectivity index (χ0n) is 9.02. The van der Waals surface area contributed by atoms with Gasteiger partial charge in [0.2, 0.25) is 0 Å². The average Bonchev–Trinajstić information content (AvgIpc) is 2.54. The standard InChI is InChI=1S/C11H11NO3S/c1-7(13)6-12-11(14)9-4-3-8(15-2)5-10(9)16-12/h3-5H,6H2,1-2H3. The second-order valence-electron chi connectivity index (χ2n) is 3.50. The van der Waals surface area contributed by atoms with E-state index < -0.39 is 0 Å². The van der Waals surface area contributed by atoms with E-state index in [-0.39, 0.29) is 17.9 Å². The highest BCUT2D eigenvalue weighted by Gasteiger charge is 2.09. The Balaban J connectivity index is 2.58. The molecule has 2 aromatic rings. The van der Waals surface area contributed by atoms with Crippen LogP contribution in [0.4, 0.5) is 0 Å². The van der Waals surface area contributed by atoms with Gasteiger partial charge in [0, 0.05) is 0 Å². The molecule has 0 atom stereocenters. The van der Waals surface area contributed by atoms with E-state index in [0.29, 0.717) is 11.1 Å². The summed E-state index contributed by atoms with van der Waals surface area (Å²) in [5.74, 6) is 0.685. The molecule has 0 aliphatic heterocycles. The SMILES string of the molecule is COc1ccc2c(=O)n(CC(C)=O)sc2c1. The van der Waals surface area contributed by atoms with E-state index in [1.807, 2.05) is 0 Å². The molecule has 0 bridgehead atoms. The van der Waals surface area contributed by atoms with Crippen LogP contribution in [0.3, 0.4) is 0 Å². The van der Waals surface area contributed by atoms with Crippen LogP contribution in [0.1, 0.15) is 6.92 Å². The first-order valence-electron chi connectivity index (χ1n) is 4.79. The van der Waals surface area contributed by atoms with Crippen LogP contribution in [0.25, 0.3) is 10.1 Å². The molecule has 0 saturated heterocycles. The lowest BCUT2D eigenvalue weighted by Gasteiger charge is -1.96. The van der Waals surface area contributed by atoms with Gasteiger partial charge in [-0.3, -0.25) is 13.5 Å². The Kier molecular flexibility index (Phi) is 2.78. The van der Waals surface area contributed by atoms with Gasteiger partial charge in [-0.2, -0.15) is 0 Å². The molecular formula is C11H11NO3S. The Morgan fingerprint density at radius 2 is 2.25 bits per heavy atom. The van der Waals surface area contributed by atoms with Crippen molar-refractivity contribution in [3.05, 3.63) is 28.6 Å². The van der Waals surface area contributed by atoms with Gasteiger partial charge in [-0.25, -0.2) is 0 Å². The topological polar surface area (TPSA) is 48.3 Å². The summed E-state index contributed by atoms with van der Waals surface area (Å²) < 4.78 is 7.38. The number of fused-ring (bicyclic) bond motifs is 1. The number of methoxy groups -OCH3 is 1. The Hall–Kier alpha value is -1.62. The van der Waals surface area contributed by atoms with E-state index in [9.17, 15) is 9.59 Å². The zero-order chi connectivity index (χ0) is 11.7. The summed E-state index contributed by atoms with van der Waals surface area (Å²) >= 11 is 1.29. The van der Waals surface area contributed by atoms with E-state index in [1.165, 1.54) is 22.4 Å². The molecule has 1 heterocycles. The molecule has 0 saturated carbocycles. The Morgan fingerprint density at radius 1 is 1.50 bits per heavy atom. The molecule has 0 N–H and O–H groups in total. The highest BCUT2D eigenvalue weighted by atomic mass is 32.1. The Bertz CT molecular complexity index is 597. The van der Waals surface area contributed by atoms with Gasteiger partial charge >= 0.3 is 0 Å². The predicted octanol–water partition coefficient (Wildman–Crippen LogP) is 1.66. The summed E-state index contributed by atoms with van der Waals surface area (Å²) in [6.07, 6.45) is 0. The van der Waals surface area contributed by atoms with Crippen molar-refractivity contribution in [2.45, 2.75) is 13.5 Å². The van der Waals surface area contributed by atoms with Crippen LogP contribution in [0.15, 0.2) is 23.0 Å². The predicted molar refractivity (Wildman–Crippen MR) is 63.3 cm³/mol. The van der Waals surface area contributed by atoms with Crippen molar-refractivity contribution in [1.29, 1.82) is 0 Å². The van der Waals surface area contributed by atoms with Crippen LogP contribution < -0.4 is 10.3 Å². The van der Waals surface area contributed by atoms with Crippen molar-refractivity contribution in [3.63, 3.8) is 0 Å². The van der Waals surface area contributed by atoms with Crippen LogP contribution in [0.5, 0.6) is 5.75 Å². The average molecular weight is 237 g/mol. The van der Waals surface area contributed by atoms with Crippen molar-refractivity contribution < 1.29 is 9.53 Å². The number of aromatic nitrogens is 1. The molecule has 0 aliphatic rings. The highest BCUT2D eigenvalue weighted by molar-refractivity contribution is 7.13. The van der Waals surface area contributed by atoms with Crippen LogP contribution >= 0.6 is 11.5 Å². The van der Waals surface area contributed by atoms with Gasteiger partial charge < -0.3 is 4.74 Å². The Labute approximate surface area is 96.2 Å². The summed E-state index contributed by atoms with van der Waals surface area (Å²) in [6.45, 7) is 1.61. The van der Waals surface area contributed by atoms with E-state index in [1.54, 1.807) is 25.3 Å². The number of carbonyl (C=O) groups excluding carboxylic acids is 1. The van der Waals surface area contributed by atoms with Crippen molar-refractivity contribution in [2.24, 2.45) is 0 Å². The van der Waals surface area contributed by atoms with Gasteiger partial charge in [-0.15, -0.1) is 0 Å². The van der Waals surface area contributed by atoms with Crippen molar-refractivity contribution in [2.75, 3.05) is 7.11 Å². The molecule has 0 aliphatic carbocycles. The van der Waals surface area contributed by atoms with Crippen molar-refractivity contribution in [1.82, 2.24) is 3.96 Å². The van der Waals surface area contributed by atoms with Gasteiger partial charge in [0.05, 0.1) is 23.7 Å². The van der Waals surface area contributed by atoms with Gasteiger partial charge in [-0.05, 0) is 25.1 Å². The maximum absolute atomic E-state index is 11.8. The summed E-state index contributed by atoms with van der Waals surface area (Å²) in [4.78, 5) is 22.8. The van der Waals surface area contributed by atoms with Gasteiger partial charge in [0.25, 0.3) is 5.56 Å². The molecule has 4 nitrogen and oxygen atoms in total. The summed E-state index contributed by atoms with van der Waals surface area (Å²) in [5.41, 5.74) is -0.113. The highest BCUT2D eigenvalue weighted by Crippen LogP contribution is 2.22. The third-order valence-corrected chi connectivity index (χ3v) is 3.27. The maximum Gasteiger partial charge on any atom is 0.268 e. The van der Waals surface area contributed by atoms with Crippen LogP contribution in [0.2, 0.25) is 0 Å². The second kappa shape index (κ2) is 4.09. The number of carbonyl (C=O) groups is 1. The quantitative estimate of drug-likeness (QED) is 0.815. The lowest BCUT2D eigenvalue weighted by atomic mass is 10.2. The third kappa shape index (κ3) is 1.86. The summed E-state index contributed by atoms with van der Waals surface area (Å²) in [5, 5.41) is 0.632. The fourth-order valence-corrected chi connectivity index (χ4v) is 2.57. The number of hydrogen-bond donors (Lipinski definition) is 0. The van der Waals surface area contributed by atoms with E-state index in [0.717, 1.165) is 4.70 Å². The number of Topliss-reactive ketones (excluding diaryl/α,β-unsaturated/α-hetero) is 1. The summed E-state index contributed by atoms with van der Waals surface area (Å²) in [7, 11) is 1.58. The first-order chi connectivity index (χ1) is 7.61. The van der Waals surface area contributed by atoms with E-state index >= 15 is 0 Å². The molecule has 0 radical (unpaired) electrons. The lowest BCUT2D eigenvalue weighted by molar-refractivity contribution is -0.117. The summed E-state index contributed by atoms with van der Waals surface area (Å²) in [6, 6.07) is 5.27. The maximum atomic E-state index is 11.8. The third-order valence-electron chi connectivity index (χ3n) is 2.22. The molecule has 0 fully saturated rings. The number of benzene rings is 1. The molecule has 0 unspecified atom stereocenters. The molecular weight excluding hydrogens is 226 g/mol. The number of nitrogens with zero attached hydrogens (tertiary/aromatic N) is 1. The van der Waals surface area contributed by atoms with Crippen molar-refractivity contribution in [3.8, 4) is 5.75 Å². The number of hydrogen-bond acceptors (Lipinski definition) is 4.